The van der Waals surface area contributed by atoms with E-state index in [2.05, 4.69) is 9.98 Å². The summed E-state index contributed by atoms with van der Waals surface area (Å²) < 4.78 is 21.2. The van der Waals surface area contributed by atoms with E-state index in [0.717, 1.165) is 0 Å². The van der Waals surface area contributed by atoms with Gasteiger partial charge in [-0.3, -0.25) is 4.79 Å². The van der Waals surface area contributed by atoms with E-state index in [4.69, 9.17) is 18.9 Å². The van der Waals surface area contributed by atoms with Crippen molar-refractivity contribution in [2.75, 3.05) is 40.6 Å². The minimum absolute atomic E-state index is 0.316. The van der Waals surface area contributed by atoms with Crippen LogP contribution in [-0.2, 0) is 23.7 Å². The van der Waals surface area contributed by atoms with E-state index in [1.807, 2.05) is 0 Å². The number of nitrogens with zero attached hydrogens (tertiary/aromatic N) is 2. The van der Waals surface area contributed by atoms with Crippen LogP contribution < -0.4 is 0 Å². The quantitative estimate of drug-likeness (QED) is 0.620. The molecule has 0 aromatic carbocycles. The normalized spacial score (nSPS) is 17.3. The molecule has 2 aliphatic rings. The molecule has 1 heterocycles. The van der Waals surface area contributed by atoms with Gasteiger partial charge in [0.1, 0.15) is 25.3 Å². The number of hydrogen-bond donors (Lipinski definition) is 0. The van der Waals surface area contributed by atoms with Crippen LogP contribution in [0.3, 0.4) is 0 Å². The maximum Gasteiger partial charge on any atom is 0.280 e. The lowest BCUT2D eigenvalue weighted by molar-refractivity contribution is -0.113. The van der Waals surface area contributed by atoms with Gasteiger partial charge in [-0.05, 0) is 6.08 Å². The van der Waals surface area contributed by atoms with Gasteiger partial charge in [0, 0.05) is 14.2 Å². The summed E-state index contributed by atoms with van der Waals surface area (Å²) in [6.45, 7) is 1.70. The van der Waals surface area contributed by atoms with Gasteiger partial charge in [0.05, 0.1) is 30.9 Å². The molecule has 1 amide bonds. The molecule has 0 bridgehead atoms. The molecule has 114 valence electrons. The predicted molar refractivity (Wildman–Crippen MR) is 76.3 cm³/mol. The number of methoxy groups -OCH3 is 2. The first kappa shape index (κ1) is 15.4. The highest BCUT2D eigenvalue weighted by Crippen LogP contribution is 2.26. The highest BCUT2D eigenvalue weighted by atomic mass is 16.5. The van der Waals surface area contributed by atoms with Crippen molar-refractivity contribution in [1.82, 2.24) is 0 Å². The smallest absolute Gasteiger partial charge is 0.280 e. The summed E-state index contributed by atoms with van der Waals surface area (Å²) in [6, 6.07) is 0. The van der Waals surface area contributed by atoms with Crippen LogP contribution >= 0.6 is 0 Å². The van der Waals surface area contributed by atoms with E-state index in [-0.39, 0.29) is 5.91 Å². The molecule has 0 N–H and O–H groups in total. The summed E-state index contributed by atoms with van der Waals surface area (Å²) in [5.41, 5.74) is 1.09. The number of carbonyl (C=O) groups excluding carboxylic acids is 1. The van der Waals surface area contributed by atoms with E-state index in [9.17, 15) is 4.79 Å². The topological polar surface area (TPSA) is 78.7 Å². The monoisotopic (exact) mass is 294 g/mol. The van der Waals surface area contributed by atoms with Crippen molar-refractivity contribution in [2.45, 2.75) is 6.42 Å². The van der Waals surface area contributed by atoms with E-state index in [1.54, 1.807) is 20.3 Å². The molecule has 0 atom stereocenters. The Kier molecular flexibility index (Phi) is 5.65. The lowest BCUT2D eigenvalue weighted by Crippen LogP contribution is -2.22. The zero-order valence-electron chi connectivity index (χ0n) is 12.1. The minimum Gasteiger partial charge on any atom is -0.491 e. The number of ether oxygens (including phenoxy) is 4. The van der Waals surface area contributed by atoms with E-state index < -0.39 is 0 Å². The maximum absolute atomic E-state index is 11.8. The van der Waals surface area contributed by atoms with Gasteiger partial charge in [-0.1, -0.05) is 0 Å². The summed E-state index contributed by atoms with van der Waals surface area (Å²) in [7, 11) is 3.20. The van der Waals surface area contributed by atoms with Crippen molar-refractivity contribution in [1.29, 1.82) is 0 Å². The Morgan fingerprint density at radius 3 is 2.52 bits per heavy atom. The van der Waals surface area contributed by atoms with Crippen molar-refractivity contribution < 1.29 is 23.7 Å². The lowest BCUT2D eigenvalue weighted by atomic mass is 9.98. The second-order valence-electron chi connectivity index (χ2n) is 4.33. The first-order valence-electron chi connectivity index (χ1n) is 6.58. The second kappa shape index (κ2) is 7.70. The van der Waals surface area contributed by atoms with Crippen LogP contribution in [0.4, 0.5) is 0 Å². The zero-order valence-corrected chi connectivity index (χ0v) is 12.1. The third kappa shape index (κ3) is 3.99. The van der Waals surface area contributed by atoms with Crippen LogP contribution in [0, 0.1) is 0 Å². The van der Waals surface area contributed by atoms with Crippen molar-refractivity contribution in [3.8, 4) is 0 Å². The lowest BCUT2D eigenvalue weighted by Gasteiger charge is -2.22. The number of carbonyl (C=O) groups is 1. The molecule has 0 aromatic rings. The van der Waals surface area contributed by atoms with E-state index in [1.165, 1.54) is 6.34 Å². The molecule has 0 radical (unpaired) electrons. The largest absolute Gasteiger partial charge is 0.491 e. The molecular formula is C14H18N2O5. The second-order valence-corrected chi connectivity index (χ2v) is 4.33. The van der Waals surface area contributed by atoms with E-state index in [0.29, 0.717) is 55.7 Å². The Bertz CT molecular complexity index is 519. The van der Waals surface area contributed by atoms with Gasteiger partial charge >= 0.3 is 0 Å². The van der Waals surface area contributed by atoms with Crippen LogP contribution in [0.1, 0.15) is 6.42 Å². The van der Waals surface area contributed by atoms with Crippen LogP contribution in [-0.4, -0.2) is 58.6 Å². The average molecular weight is 294 g/mol. The van der Waals surface area contributed by atoms with Gasteiger partial charge in [0.2, 0.25) is 0 Å². The minimum atomic E-state index is -0.316. The standard InChI is InChI=1S/C14H18N2O5/c1-18-3-5-20-12-7-10-11(15-9-16-14(10)17)8-13(12)21-6-4-19-2/h7,9H,3-6,8H2,1-2H3. The Balaban J connectivity index is 2.15. The predicted octanol–water partition coefficient (Wildman–Crippen LogP) is 0.864. The molecule has 0 saturated carbocycles. The third-order valence-corrected chi connectivity index (χ3v) is 2.92. The molecule has 7 nitrogen and oxygen atoms in total. The van der Waals surface area contributed by atoms with Gasteiger partial charge in [-0.25, -0.2) is 4.99 Å². The molecule has 0 spiro atoms. The number of amides is 1. The Morgan fingerprint density at radius 2 is 1.81 bits per heavy atom. The Morgan fingerprint density at radius 1 is 1.10 bits per heavy atom. The van der Waals surface area contributed by atoms with Crippen LogP contribution in [0.5, 0.6) is 0 Å². The van der Waals surface area contributed by atoms with Crippen molar-refractivity contribution >= 4 is 18.0 Å². The summed E-state index contributed by atoms with van der Waals surface area (Å²) in [5, 5.41) is 0. The van der Waals surface area contributed by atoms with Gasteiger partial charge < -0.3 is 18.9 Å². The highest BCUT2D eigenvalue weighted by molar-refractivity contribution is 6.27. The molecule has 2 rings (SSSR count). The van der Waals surface area contributed by atoms with E-state index >= 15 is 0 Å². The first-order valence-corrected chi connectivity index (χ1v) is 6.58. The summed E-state index contributed by atoms with van der Waals surface area (Å²) in [6.07, 6.45) is 3.28. The maximum atomic E-state index is 11.8. The van der Waals surface area contributed by atoms with Crippen LogP contribution in [0.15, 0.2) is 33.2 Å². The fraction of sp³-hybridized carbons (Fsp3) is 0.500. The zero-order chi connectivity index (χ0) is 15.1. The molecule has 0 saturated heterocycles. The number of rotatable bonds is 8. The van der Waals surface area contributed by atoms with Crippen molar-refractivity contribution in [3.05, 3.63) is 23.2 Å². The number of hydrogen-bond acceptors (Lipinski definition) is 6. The van der Waals surface area contributed by atoms with Gasteiger partial charge in [-0.15, -0.1) is 0 Å². The fourth-order valence-electron chi connectivity index (χ4n) is 1.88. The SMILES string of the molecule is COCCOC1=C(OCCOC)CC2=NC=NC(=O)C2=C1. The Hall–Kier alpha value is -1.99. The molecule has 1 aliphatic heterocycles. The Labute approximate surface area is 122 Å². The molecule has 1 aliphatic carbocycles. The summed E-state index contributed by atoms with van der Waals surface area (Å²) >= 11 is 0. The number of allylic oxidation sites excluding steroid dienone is 2. The average Bonchev–Trinajstić information content (AvgIpc) is 2.49. The molecule has 0 fully saturated rings. The molecule has 0 aromatic heterocycles. The summed E-state index contributed by atoms with van der Waals surface area (Å²) in [5.74, 6) is 0.833. The number of aliphatic imine (C=N–C) groups is 2. The molecule has 21 heavy (non-hydrogen) atoms. The van der Waals surface area contributed by atoms with Gasteiger partial charge in [0.15, 0.2) is 5.76 Å². The summed E-state index contributed by atoms with van der Waals surface area (Å²) in [4.78, 5) is 19.5. The van der Waals surface area contributed by atoms with Crippen LogP contribution in [0.25, 0.3) is 0 Å². The van der Waals surface area contributed by atoms with Crippen molar-refractivity contribution in [3.63, 3.8) is 0 Å². The molecule has 0 unspecified atom stereocenters. The fourth-order valence-corrected chi connectivity index (χ4v) is 1.88. The van der Waals surface area contributed by atoms with Gasteiger partial charge in [-0.2, -0.15) is 4.99 Å². The molecular weight excluding hydrogens is 276 g/mol. The van der Waals surface area contributed by atoms with Gasteiger partial charge in [0.25, 0.3) is 5.91 Å². The van der Waals surface area contributed by atoms with Crippen LogP contribution in [0.2, 0.25) is 0 Å². The third-order valence-electron chi connectivity index (χ3n) is 2.92. The highest BCUT2D eigenvalue weighted by Gasteiger charge is 2.27. The number of fused-ring (bicyclic) bond motifs is 1. The van der Waals surface area contributed by atoms with Crippen molar-refractivity contribution in [2.24, 2.45) is 9.98 Å². The molecule has 7 heteroatoms. The first-order chi connectivity index (χ1) is 10.3.